The van der Waals surface area contributed by atoms with Gasteiger partial charge in [-0.05, 0) is 6.92 Å². The van der Waals surface area contributed by atoms with Crippen molar-refractivity contribution in [2.75, 3.05) is 0 Å². The highest BCUT2D eigenvalue weighted by atomic mass is 32.2. The molecule has 2 unspecified atom stereocenters. The third-order valence-electron chi connectivity index (χ3n) is 0.884. The summed E-state index contributed by atoms with van der Waals surface area (Å²) in [6, 6.07) is 0. The molecule has 0 aromatic heterocycles. The van der Waals surface area contributed by atoms with Crippen LogP contribution in [-0.2, 0) is 9.92 Å². The van der Waals surface area contributed by atoms with Crippen molar-refractivity contribution in [3.63, 3.8) is 0 Å². The molecule has 0 bridgehead atoms. The first-order chi connectivity index (χ1) is 3.48. The van der Waals surface area contributed by atoms with Gasteiger partial charge in [-0.15, -0.1) is 6.58 Å². The summed E-state index contributed by atoms with van der Waals surface area (Å²) >= 11 is 0. The van der Waals surface area contributed by atoms with Crippen LogP contribution in [0.5, 0.6) is 0 Å². The average molecular weight is 134 g/mol. The summed E-state index contributed by atoms with van der Waals surface area (Å²) in [6.45, 7) is 4.95. The van der Waals surface area contributed by atoms with Gasteiger partial charge in [0.2, 0.25) is 0 Å². The van der Waals surface area contributed by atoms with Gasteiger partial charge in [-0.25, -0.2) is 14.1 Å². The molecule has 48 valence electrons. The summed E-state index contributed by atoms with van der Waals surface area (Å²) in [5, 5.41) is 4.50. The Morgan fingerprint density at radius 3 is 2.38 bits per heavy atom. The Kier molecular flexibility index (Phi) is 2.18. The second-order valence-electron chi connectivity index (χ2n) is 1.59. The SMILES string of the molecule is C=CC(C)S(=N)(N)=O. The normalized spacial score (nSPS) is 21.2. The summed E-state index contributed by atoms with van der Waals surface area (Å²) in [6.07, 6.45) is 1.41. The molecular weight excluding hydrogens is 124 g/mol. The van der Waals surface area contributed by atoms with Gasteiger partial charge >= 0.3 is 0 Å². The molecule has 0 aliphatic heterocycles. The molecule has 0 heterocycles. The second kappa shape index (κ2) is 2.28. The molecule has 0 saturated heterocycles. The molecule has 0 radical (unpaired) electrons. The van der Waals surface area contributed by atoms with E-state index >= 15 is 0 Å². The third-order valence-corrected chi connectivity index (χ3v) is 2.18. The van der Waals surface area contributed by atoms with Gasteiger partial charge < -0.3 is 0 Å². The highest BCUT2D eigenvalue weighted by Gasteiger charge is 2.04. The first-order valence-corrected chi connectivity index (χ1v) is 3.85. The van der Waals surface area contributed by atoms with Crippen LogP contribution < -0.4 is 5.14 Å². The minimum atomic E-state index is -2.87. The lowest BCUT2D eigenvalue weighted by molar-refractivity contribution is 0.672. The van der Waals surface area contributed by atoms with Crippen molar-refractivity contribution in [1.29, 1.82) is 4.78 Å². The van der Waals surface area contributed by atoms with Crippen molar-refractivity contribution < 1.29 is 4.21 Å². The largest absolute Gasteiger partial charge is 0.245 e. The predicted octanol–water partition coefficient (Wildman–Crippen LogP) is 0.481. The van der Waals surface area contributed by atoms with Gasteiger partial charge in [0, 0.05) is 0 Å². The Bertz CT molecular complexity index is 170. The zero-order valence-electron chi connectivity index (χ0n) is 4.76. The zero-order chi connectivity index (χ0) is 6.78. The Morgan fingerprint density at radius 1 is 2.00 bits per heavy atom. The maximum absolute atomic E-state index is 10.5. The molecule has 4 heteroatoms. The number of hydrogen-bond acceptors (Lipinski definition) is 2. The fraction of sp³-hybridized carbons (Fsp3) is 0.500. The summed E-state index contributed by atoms with van der Waals surface area (Å²) in [7, 11) is -2.87. The van der Waals surface area contributed by atoms with Gasteiger partial charge in [0.25, 0.3) is 0 Å². The molecule has 0 aliphatic carbocycles. The number of nitrogens with one attached hydrogen (secondary N) is 1. The summed E-state index contributed by atoms with van der Waals surface area (Å²) in [5.41, 5.74) is 0. The molecule has 0 amide bonds. The number of hydrogen-bond donors (Lipinski definition) is 2. The van der Waals surface area contributed by atoms with Gasteiger partial charge in [-0.1, -0.05) is 6.08 Å². The molecule has 0 saturated carbocycles. The van der Waals surface area contributed by atoms with Crippen LogP contribution in [0.25, 0.3) is 0 Å². The van der Waals surface area contributed by atoms with E-state index in [0.29, 0.717) is 0 Å². The minimum absolute atomic E-state index is 0.414. The van der Waals surface area contributed by atoms with Crippen LogP contribution in [0.1, 0.15) is 6.92 Å². The van der Waals surface area contributed by atoms with E-state index in [0.717, 1.165) is 0 Å². The highest BCUT2D eigenvalue weighted by molar-refractivity contribution is 7.90. The lowest BCUT2D eigenvalue weighted by Gasteiger charge is -2.02. The minimum Gasteiger partial charge on any atom is -0.245 e. The average Bonchev–Trinajstić information content (AvgIpc) is 1.62. The van der Waals surface area contributed by atoms with Crippen LogP contribution in [-0.4, -0.2) is 9.46 Å². The Hall–Kier alpha value is -0.350. The standard InChI is InChI=1S/C4H10N2OS/c1-3-4(2)8(5,6)7/h3-4H,1H2,2H3,(H3,5,6,7). The van der Waals surface area contributed by atoms with E-state index in [1.807, 2.05) is 0 Å². The molecule has 0 fully saturated rings. The molecular formula is C4H10N2OS. The lowest BCUT2D eigenvalue weighted by Crippen LogP contribution is -2.21. The van der Waals surface area contributed by atoms with Gasteiger partial charge in [0.15, 0.2) is 0 Å². The summed E-state index contributed by atoms with van der Waals surface area (Å²) < 4.78 is 17.3. The topological polar surface area (TPSA) is 66.9 Å². The molecule has 3 N–H and O–H groups in total. The van der Waals surface area contributed by atoms with Crippen molar-refractivity contribution in [1.82, 2.24) is 0 Å². The third kappa shape index (κ3) is 2.09. The zero-order valence-corrected chi connectivity index (χ0v) is 5.57. The van der Waals surface area contributed by atoms with Gasteiger partial charge in [0.05, 0.1) is 5.25 Å². The number of rotatable bonds is 2. The number of nitrogens with two attached hydrogens (primary N) is 1. The molecule has 8 heavy (non-hydrogen) atoms. The first kappa shape index (κ1) is 7.65. The van der Waals surface area contributed by atoms with Crippen LogP contribution in [0, 0.1) is 4.78 Å². The van der Waals surface area contributed by atoms with E-state index in [9.17, 15) is 4.21 Å². The van der Waals surface area contributed by atoms with Crippen LogP contribution >= 0.6 is 0 Å². The maximum Gasteiger partial charge on any atom is 0.109 e. The molecule has 0 rings (SSSR count). The smallest absolute Gasteiger partial charge is 0.109 e. The van der Waals surface area contributed by atoms with Crippen LogP contribution in [0.3, 0.4) is 0 Å². The van der Waals surface area contributed by atoms with E-state index in [-0.39, 0.29) is 0 Å². The molecule has 2 atom stereocenters. The molecule has 3 nitrogen and oxygen atoms in total. The molecule has 0 spiro atoms. The van der Waals surface area contributed by atoms with Crippen molar-refractivity contribution >= 4 is 9.92 Å². The van der Waals surface area contributed by atoms with Crippen LogP contribution in [0.15, 0.2) is 12.7 Å². The van der Waals surface area contributed by atoms with Gasteiger partial charge in [0.1, 0.15) is 9.92 Å². The molecule has 0 aromatic rings. The Labute approximate surface area is 49.7 Å². The van der Waals surface area contributed by atoms with E-state index in [2.05, 4.69) is 6.58 Å². The van der Waals surface area contributed by atoms with Crippen LogP contribution in [0.2, 0.25) is 0 Å². The first-order valence-electron chi connectivity index (χ1n) is 2.16. The highest BCUT2D eigenvalue weighted by Crippen LogP contribution is 1.93. The maximum atomic E-state index is 10.5. The molecule has 0 aliphatic rings. The van der Waals surface area contributed by atoms with Crippen molar-refractivity contribution in [2.45, 2.75) is 12.2 Å². The fourth-order valence-corrected chi connectivity index (χ4v) is 0.429. The monoisotopic (exact) mass is 134 g/mol. The predicted molar refractivity (Wildman–Crippen MR) is 34.7 cm³/mol. The van der Waals surface area contributed by atoms with Crippen LogP contribution in [0.4, 0.5) is 0 Å². The van der Waals surface area contributed by atoms with E-state index < -0.39 is 15.2 Å². The van der Waals surface area contributed by atoms with E-state index in [1.165, 1.54) is 6.08 Å². The van der Waals surface area contributed by atoms with E-state index in [1.54, 1.807) is 6.92 Å². The van der Waals surface area contributed by atoms with Gasteiger partial charge in [-0.3, -0.25) is 0 Å². The second-order valence-corrected chi connectivity index (χ2v) is 3.63. The lowest BCUT2D eigenvalue weighted by atomic mass is 10.5. The summed E-state index contributed by atoms with van der Waals surface area (Å²) in [4.78, 5) is 0. The molecule has 0 aromatic carbocycles. The van der Waals surface area contributed by atoms with Crippen molar-refractivity contribution in [3.8, 4) is 0 Å². The quantitative estimate of drug-likeness (QED) is 0.530. The Morgan fingerprint density at radius 2 is 2.38 bits per heavy atom. The van der Waals surface area contributed by atoms with Crippen molar-refractivity contribution in [3.05, 3.63) is 12.7 Å². The van der Waals surface area contributed by atoms with Crippen molar-refractivity contribution in [2.24, 2.45) is 5.14 Å². The van der Waals surface area contributed by atoms with E-state index in [4.69, 9.17) is 9.92 Å². The fourth-order valence-electron chi connectivity index (χ4n) is 0.143. The Balaban J connectivity index is 4.26. The summed E-state index contributed by atoms with van der Waals surface area (Å²) in [5.74, 6) is 0. The van der Waals surface area contributed by atoms with Gasteiger partial charge in [-0.2, -0.15) is 0 Å².